The topological polar surface area (TPSA) is 9.23 Å². The third-order valence-corrected chi connectivity index (χ3v) is 3.92. The molecule has 0 heterocycles. The molecule has 0 aromatic heterocycles. The van der Waals surface area contributed by atoms with E-state index < -0.39 is 0 Å². The molecule has 0 amide bonds. The highest BCUT2D eigenvalue weighted by molar-refractivity contribution is 9.10. The largest absolute Gasteiger partial charge is 0.489 e. The van der Waals surface area contributed by atoms with Gasteiger partial charge in [0.05, 0.1) is 0 Å². The summed E-state index contributed by atoms with van der Waals surface area (Å²) in [5.74, 6) is 0.949. The molecule has 0 aliphatic rings. The number of alkyl halides is 1. The highest BCUT2D eigenvalue weighted by atomic mass is 79.9. The van der Waals surface area contributed by atoms with Crippen LogP contribution in [0.2, 0.25) is 0 Å². The van der Waals surface area contributed by atoms with Crippen molar-refractivity contribution in [3.63, 3.8) is 0 Å². The Bertz CT molecular complexity index is 586. The predicted octanol–water partition coefficient (Wildman–Crippen LogP) is 5.21. The van der Waals surface area contributed by atoms with Crippen molar-refractivity contribution >= 4 is 27.5 Å². The zero-order valence-electron chi connectivity index (χ0n) is 10.4. The van der Waals surface area contributed by atoms with Gasteiger partial charge in [-0.1, -0.05) is 22.0 Å². The van der Waals surface area contributed by atoms with Crippen LogP contribution in [0.5, 0.6) is 5.75 Å². The fraction of sp³-hybridized carbons (Fsp3) is 0.200. The Balaban J connectivity index is 2.10. The SMILES string of the molecule is Cc1cc(F)ccc1COc1ccc(Br)c(CCl)c1. The average Bonchev–Trinajstić information content (AvgIpc) is 2.39. The molecule has 0 fully saturated rings. The molecule has 0 aliphatic carbocycles. The summed E-state index contributed by atoms with van der Waals surface area (Å²) in [4.78, 5) is 0. The summed E-state index contributed by atoms with van der Waals surface area (Å²) in [7, 11) is 0. The van der Waals surface area contributed by atoms with Gasteiger partial charge >= 0.3 is 0 Å². The van der Waals surface area contributed by atoms with Crippen molar-refractivity contribution in [2.45, 2.75) is 19.4 Å². The van der Waals surface area contributed by atoms with Crippen LogP contribution in [0.4, 0.5) is 4.39 Å². The van der Waals surface area contributed by atoms with Crippen molar-refractivity contribution in [1.82, 2.24) is 0 Å². The second kappa shape index (κ2) is 6.40. The fourth-order valence-electron chi connectivity index (χ4n) is 1.73. The lowest BCUT2D eigenvalue weighted by molar-refractivity contribution is 0.305. The van der Waals surface area contributed by atoms with Crippen LogP contribution in [-0.4, -0.2) is 0 Å². The van der Waals surface area contributed by atoms with E-state index in [1.165, 1.54) is 12.1 Å². The predicted molar refractivity (Wildman–Crippen MR) is 79.2 cm³/mol. The Morgan fingerprint density at radius 1 is 1.16 bits per heavy atom. The molecule has 100 valence electrons. The van der Waals surface area contributed by atoms with E-state index in [1.807, 2.05) is 25.1 Å². The maximum atomic E-state index is 13.0. The maximum Gasteiger partial charge on any atom is 0.123 e. The fourth-order valence-corrected chi connectivity index (χ4v) is 2.49. The molecule has 2 rings (SSSR count). The van der Waals surface area contributed by atoms with Gasteiger partial charge in [0, 0.05) is 10.4 Å². The molecule has 0 atom stereocenters. The average molecular weight is 344 g/mol. The van der Waals surface area contributed by atoms with Gasteiger partial charge < -0.3 is 4.74 Å². The van der Waals surface area contributed by atoms with Gasteiger partial charge in [0.1, 0.15) is 18.2 Å². The first-order valence-electron chi connectivity index (χ1n) is 5.82. The van der Waals surface area contributed by atoms with Gasteiger partial charge in [0.25, 0.3) is 0 Å². The summed E-state index contributed by atoms with van der Waals surface area (Å²) in [6, 6.07) is 10.4. The normalized spacial score (nSPS) is 10.5. The highest BCUT2D eigenvalue weighted by Crippen LogP contribution is 2.25. The van der Waals surface area contributed by atoms with Gasteiger partial charge in [-0.05, 0) is 53.9 Å². The standard InChI is InChI=1S/C15H13BrClFO/c1-10-6-13(18)3-2-11(10)9-19-14-4-5-15(16)12(7-14)8-17/h2-7H,8-9H2,1H3. The van der Waals surface area contributed by atoms with E-state index in [9.17, 15) is 4.39 Å². The van der Waals surface area contributed by atoms with E-state index in [1.54, 1.807) is 6.07 Å². The second-order valence-electron chi connectivity index (χ2n) is 4.25. The first kappa shape index (κ1) is 14.4. The lowest BCUT2D eigenvalue weighted by atomic mass is 10.1. The van der Waals surface area contributed by atoms with Gasteiger partial charge in [0.2, 0.25) is 0 Å². The summed E-state index contributed by atoms with van der Waals surface area (Å²) in [5.41, 5.74) is 2.83. The minimum absolute atomic E-state index is 0.227. The molecule has 2 aromatic rings. The molecule has 2 aromatic carbocycles. The van der Waals surface area contributed by atoms with Crippen molar-refractivity contribution in [2.24, 2.45) is 0 Å². The van der Waals surface area contributed by atoms with Crippen molar-refractivity contribution in [1.29, 1.82) is 0 Å². The van der Waals surface area contributed by atoms with Crippen molar-refractivity contribution in [3.8, 4) is 5.75 Å². The quantitative estimate of drug-likeness (QED) is 0.692. The molecule has 19 heavy (non-hydrogen) atoms. The molecule has 0 N–H and O–H groups in total. The molecular weight excluding hydrogens is 331 g/mol. The minimum atomic E-state index is -0.227. The first-order valence-corrected chi connectivity index (χ1v) is 7.15. The van der Waals surface area contributed by atoms with Crippen LogP contribution in [0, 0.1) is 12.7 Å². The summed E-state index contributed by atoms with van der Waals surface area (Å²) in [6.45, 7) is 2.28. The smallest absolute Gasteiger partial charge is 0.123 e. The molecule has 0 saturated carbocycles. The molecule has 0 bridgehead atoms. The molecule has 0 aliphatic heterocycles. The lowest BCUT2D eigenvalue weighted by Crippen LogP contribution is -1.99. The maximum absolute atomic E-state index is 13.0. The molecule has 0 spiro atoms. The third-order valence-electron chi connectivity index (χ3n) is 2.86. The second-order valence-corrected chi connectivity index (χ2v) is 5.37. The van der Waals surface area contributed by atoms with Crippen molar-refractivity contribution in [3.05, 3.63) is 63.4 Å². The molecule has 1 nitrogen and oxygen atoms in total. The first-order chi connectivity index (χ1) is 9.10. The summed E-state index contributed by atoms with van der Waals surface area (Å²) >= 11 is 9.26. The number of rotatable bonds is 4. The van der Waals surface area contributed by atoms with Crippen LogP contribution in [0.25, 0.3) is 0 Å². The summed E-state index contributed by atoms with van der Waals surface area (Å²) < 4.78 is 19.7. The van der Waals surface area contributed by atoms with Gasteiger partial charge in [0.15, 0.2) is 0 Å². The molecule has 0 unspecified atom stereocenters. The van der Waals surface area contributed by atoms with E-state index in [-0.39, 0.29) is 5.82 Å². The summed E-state index contributed by atoms with van der Waals surface area (Å²) in [6.07, 6.45) is 0. The zero-order chi connectivity index (χ0) is 13.8. The Morgan fingerprint density at radius 3 is 2.63 bits per heavy atom. The molecular formula is C15H13BrClFO. The van der Waals surface area contributed by atoms with Crippen LogP contribution < -0.4 is 4.74 Å². The van der Waals surface area contributed by atoms with Crippen LogP contribution in [-0.2, 0) is 12.5 Å². The number of aryl methyl sites for hydroxylation is 1. The van der Waals surface area contributed by atoms with E-state index in [0.717, 1.165) is 26.9 Å². The van der Waals surface area contributed by atoms with E-state index in [4.69, 9.17) is 16.3 Å². The van der Waals surface area contributed by atoms with E-state index >= 15 is 0 Å². The van der Waals surface area contributed by atoms with Gasteiger partial charge in [-0.25, -0.2) is 4.39 Å². The van der Waals surface area contributed by atoms with Crippen molar-refractivity contribution < 1.29 is 9.13 Å². The van der Waals surface area contributed by atoms with Crippen molar-refractivity contribution in [2.75, 3.05) is 0 Å². The van der Waals surface area contributed by atoms with Gasteiger partial charge in [-0.3, -0.25) is 0 Å². The zero-order valence-corrected chi connectivity index (χ0v) is 12.8. The third kappa shape index (κ3) is 3.71. The lowest BCUT2D eigenvalue weighted by Gasteiger charge is -2.10. The highest BCUT2D eigenvalue weighted by Gasteiger charge is 2.04. The minimum Gasteiger partial charge on any atom is -0.489 e. The Labute approximate surface area is 125 Å². The number of hydrogen-bond acceptors (Lipinski definition) is 1. The molecule has 4 heteroatoms. The summed E-state index contributed by atoms with van der Waals surface area (Å²) in [5, 5.41) is 0. The molecule has 0 radical (unpaired) electrons. The van der Waals surface area contributed by atoms with Crippen LogP contribution in [0.15, 0.2) is 40.9 Å². The van der Waals surface area contributed by atoms with Gasteiger partial charge in [-0.15, -0.1) is 11.6 Å². The number of benzene rings is 2. The number of hydrogen-bond donors (Lipinski definition) is 0. The van der Waals surface area contributed by atoms with Gasteiger partial charge in [-0.2, -0.15) is 0 Å². The monoisotopic (exact) mass is 342 g/mol. The Morgan fingerprint density at radius 2 is 1.95 bits per heavy atom. The van der Waals surface area contributed by atoms with E-state index in [2.05, 4.69) is 15.9 Å². The van der Waals surface area contributed by atoms with E-state index in [0.29, 0.717) is 12.5 Å². The van der Waals surface area contributed by atoms with Crippen LogP contribution in [0.3, 0.4) is 0 Å². The Kier molecular flexibility index (Phi) is 4.83. The Hall–Kier alpha value is -1.06. The van der Waals surface area contributed by atoms with Crippen LogP contribution in [0.1, 0.15) is 16.7 Å². The number of halogens is 3. The number of ether oxygens (including phenoxy) is 1. The molecule has 0 saturated heterocycles. The van der Waals surface area contributed by atoms with Crippen LogP contribution >= 0.6 is 27.5 Å².